The molecule has 0 fully saturated rings. The number of nitrogens with one attached hydrogen (secondary N) is 1. The fourth-order valence-electron chi connectivity index (χ4n) is 2.32. The van der Waals surface area contributed by atoms with E-state index in [1.54, 1.807) is 24.3 Å². The van der Waals surface area contributed by atoms with E-state index in [1.807, 2.05) is 38.1 Å². The first-order valence-electron chi connectivity index (χ1n) is 7.66. The number of anilines is 1. The highest BCUT2D eigenvalue weighted by atomic mass is 35.5. The highest BCUT2D eigenvalue weighted by molar-refractivity contribution is 6.33. The van der Waals surface area contributed by atoms with Crippen LogP contribution in [0, 0.1) is 13.8 Å². The molecule has 1 aliphatic heterocycles. The third-order valence-corrected chi connectivity index (χ3v) is 4.04. The monoisotopic (exact) mass is 357 g/mol. The average molecular weight is 358 g/mol. The van der Waals surface area contributed by atoms with Gasteiger partial charge in [-0.1, -0.05) is 29.8 Å². The molecule has 1 heterocycles. The van der Waals surface area contributed by atoms with Crippen molar-refractivity contribution >= 4 is 29.2 Å². The summed E-state index contributed by atoms with van der Waals surface area (Å²) in [7, 11) is 0. The predicted molar refractivity (Wildman–Crippen MR) is 94.2 cm³/mol. The lowest BCUT2D eigenvalue weighted by atomic mass is 10.1. The summed E-state index contributed by atoms with van der Waals surface area (Å²) in [6.07, 6.45) is 0. The van der Waals surface area contributed by atoms with Crippen molar-refractivity contribution in [3.05, 3.63) is 76.9 Å². The van der Waals surface area contributed by atoms with Crippen LogP contribution in [0.25, 0.3) is 0 Å². The maximum absolute atomic E-state index is 12.3. The Morgan fingerprint density at radius 1 is 1.12 bits per heavy atom. The standard InChI is InChI=1S/C19H16ClNO4/c1-11-6-8-13(9-7-11)17(22)24-19-16(15(20)18(23)25-19)21-14-5-3-4-12(2)10-14/h3-10,15,21H,1-2H3. The molecule has 0 bridgehead atoms. The van der Waals surface area contributed by atoms with E-state index in [-0.39, 0.29) is 11.6 Å². The van der Waals surface area contributed by atoms with Crippen molar-refractivity contribution in [2.45, 2.75) is 19.2 Å². The zero-order valence-corrected chi connectivity index (χ0v) is 14.5. The number of hydrogen-bond acceptors (Lipinski definition) is 5. The van der Waals surface area contributed by atoms with Crippen LogP contribution in [0.5, 0.6) is 0 Å². The summed E-state index contributed by atoms with van der Waals surface area (Å²) in [6, 6.07) is 14.3. The highest BCUT2D eigenvalue weighted by Gasteiger charge is 2.37. The fraction of sp³-hybridized carbons (Fsp3) is 0.158. The summed E-state index contributed by atoms with van der Waals surface area (Å²) in [5.41, 5.74) is 3.31. The number of carbonyl (C=O) groups excluding carboxylic acids is 2. The first kappa shape index (κ1) is 17.0. The van der Waals surface area contributed by atoms with Gasteiger partial charge in [0, 0.05) is 5.69 Å². The number of carbonyl (C=O) groups is 2. The lowest BCUT2D eigenvalue weighted by molar-refractivity contribution is -0.139. The number of ether oxygens (including phenoxy) is 2. The van der Waals surface area contributed by atoms with Crippen molar-refractivity contribution in [2.24, 2.45) is 0 Å². The van der Waals surface area contributed by atoms with Crippen molar-refractivity contribution in [1.29, 1.82) is 0 Å². The average Bonchev–Trinajstić information content (AvgIpc) is 2.83. The molecule has 0 aliphatic carbocycles. The number of benzene rings is 2. The maximum Gasteiger partial charge on any atom is 0.345 e. The Balaban J connectivity index is 1.84. The molecule has 1 atom stereocenters. The summed E-state index contributed by atoms with van der Waals surface area (Å²) in [5.74, 6) is -1.54. The Hall–Kier alpha value is -2.79. The summed E-state index contributed by atoms with van der Waals surface area (Å²) >= 11 is 6.08. The third kappa shape index (κ3) is 3.83. The molecule has 0 aromatic heterocycles. The van der Waals surface area contributed by atoms with E-state index < -0.39 is 17.3 Å². The Morgan fingerprint density at radius 3 is 2.52 bits per heavy atom. The molecule has 0 amide bonds. The molecule has 6 heteroatoms. The van der Waals surface area contributed by atoms with Gasteiger partial charge in [-0.05, 0) is 43.7 Å². The van der Waals surface area contributed by atoms with Crippen molar-refractivity contribution < 1.29 is 19.1 Å². The van der Waals surface area contributed by atoms with Crippen LogP contribution in [0.1, 0.15) is 21.5 Å². The Kier molecular flexibility index (Phi) is 4.76. The summed E-state index contributed by atoms with van der Waals surface area (Å²) in [6.45, 7) is 3.85. The van der Waals surface area contributed by atoms with Crippen LogP contribution in [0.15, 0.2) is 60.2 Å². The van der Waals surface area contributed by atoms with Crippen LogP contribution in [-0.2, 0) is 14.3 Å². The SMILES string of the molecule is Cc1ccc(C(=O)OC2=C(Nc3cccc(C)c3)C(Cl)C(=O)O2)cc1. The first-order valence-corrected chi connectivity index (χ1v) is 8.10. The molecule has 5 nitrogen and oxygen atoms in total. The lowest BCUT2D eigenvalue weighted by Crippen LogP contribution is -2.15. The third-order valence-electron chi connectivity index (χ3n) is 3.64. The van der Waals surface area contributed by atoms with E-state index in [9.17, 15) is 9.59 Å². The van der Waals surface area contributed by atoms with Gasteiger partial charge in [-0.15, -0.1) is 11.6 Å². The molecular weight excluding hydrogens is 342 g/mol. The molecule has 1 aliphatic rings. The van der Waals surface area contributed by atoms with Crippen LogP contribution in [0.2, 0.25) is 0 Å². The van der Waals surface area contributed by atoms with Crippen molar-refractivity contribution in [2.75, 3.05) is 5.32 Å². The minimum atomic E-state index is -1.07. The molecule has 2 aromatic carbocycles. The zero-order valence-electron chi connectivity index (χ0n) is 13.7. The quantitative estimate of drug-likeness (QED) is 0.664. The van der Waals surface area contributed by atoms with Gasteiger partial charge in [0.1, 0.15) is 5.70 Å². The van der Waals surface area contributed by atoms with Gasteiger partial charge in [0.2, 0.25) is 0 Å². The largest absolute Gasteiger partial charge is 0.390 e. The van der Waals surface area contributed by atoms with Gasteiger partial charge in [0.25, 0.3) is 0 Å². The topological polar surface area (TPSA) is 64.6 Å². The van der Waals surface area contributed by atoms with E-state index in [4.69, 9.17) is 21.1 Å². The second-order valence-electron chi connectivity index (χ2n) is 5.73. The number of alkyl halides is 1. The minimum Gasteiger partial charge on any atom is -0.390 e. The Labute approximate surface area is 150 Å². The molecule has 25 heavy (non-hydrogen) atoms. The second kappa shape index (κ2) is 6.99. The Morgan fingerprint density at radius 2 is 1.84 bits per heavy atom. The van der Waals surface area contributed by atoms with Crippen LogP contribution >= 0.6 is 11.6 Å². The lowest BCUT2D eigenvalue weighted by Gasteiger charge is -2.10. The van der Waals surface area contributed by atoms with Gasteiger partial charge in [-0.3, -0.25) is 0 Å². The normalized spacial score (nSPS) is 16.6. The van der Waals surface area contributed by atoms with E-state index in [0.29, 0.717) is 11.3 Å². The number of hydrogen-bond donors (Lipinski definition) is 1. The van der Waals surface area contributed by atoms with Crippen LogP contribution in [0.3, 0.4) is 0 Å². The minimum absolute atomic E-state index is 0.206. The van der Waals surface area contributed by atoms with E-state index in [2.05, 4.69) is 5.32 Å². The number of halogens is 1. The van der Waals surface area contributed by atoms with Gasteiger partial charge in [0.15, 0.2) is 5.38 Å². The number of aryl methyl sites for hydroxylation is 2. The maximum atomic E-state index is 12.3. The van der Waals surface area contributed by atoms with Crippen LogP contribution < -0.4 is 5.32 Å². The Bertz CT molecular complexity index is 858. The first-order chi connectivity index (χ1) is 11.9. The number of rotatable bonds is 4. The van der Waals surface area contributed by atoms with Gasteiger partial charge in [0.05, 0.1) is 5.56 Å². The summed E-state index contributed by atoms with van der Waals surface area (Å²) in [5, 5.41) is 1.93. The van der Waals surface area contributed by atoms with E-state index in [1.165, 1.54) is 0 Å². The predicted octanol–water partition coefficient (Wildman–Crippen LogP) is 3.91. The van der Waals surface area contributed by atoms with Crippen molar-refractivity contribution in [1.82, 2.24) is 0 Å². The zero-order chi connectivity index (χ0) is 18.0. The molecule has 0 spiro atoms. The van der Waals surface area contributed by atoms with Crippen LogP contribution in [-0.4, -0.2) is 17.3 Å². The molecule has 0 radical (unpaired) electrons. The van der Waals surface area contributed by atoms with E-state index in [0.717, 1.165) is 11.1 Å². The van der Waals surface area contributed by atoms with Crippen LogP contribution in [0.4, 0.5) is 5.69 Å². The summed E-state index contributed by atoms with van der Waals surface area (Å²) in [4.78, 5) is 24.0. The van der Waals surface area contributed by atoms with E-state index >= 15 is 0 Å². The second-order valence-corrected chi connectivity index (χ2v) is 6.17. The van der Waals surface area contributed by atoms with Crippen molar-refractivity contribution in [3.63, 3.8) is 0 Å². The van der Waals surface area contributed by atoms with Gasteiger partial charge >= 0.3 is 17.9 Å². The number of cyclic esters (lactones) is 1. The van der Waals surface area contributed by atoms with Crippen molar-refractivity contribution in [3.8, 4) is 0 Å². The molecule has 0 saturated carbocycles. The summed E-state index contributed by atoms with van der Waals surface area (Å²) < 4.78 is 10.3. The molecular formula is C19H16ClNO4. The molecule has 1 unspecified atom stereocenters. The van der Waals surface area contributed by atoms with Gasteiger partial charge < -0.3 is 14.8 Å². The van der Waals surface area contributed by atoms with Gasteiger partial charge in [-0.25, -0.2) is 9.59 Å². The molecule has 2 aromatic rings. The smallest absolute Gasteiger partial charge is 0.345 e. The molecule has 0 saturated heterocycles. The fourth-order valence-corrected chi connectivity index (χ4v) is 2.51. The van der Waals surface area contributed by atoms with Gasteiger partial charge in [-0.2, -0.15) is 0 Å². The molecule has 1 N–H and O–H groups in total. The highest BCUT2D eigenvalue weighted by Crippen LogP contribution is 2.28. The molecule has 128 valence electrons. The molecule has 3 rings (SSSR count). The number of esters is 2.